The number of aliphatic hydroxyl groups excluding tert-OH is 1. The number of hydrogen-bond acceptors (Lipinski definition) is 5. The summed E-state index contributed by atoms with van der Waals surface area (Å²) in [5, 5.41) is 10.1. The Labute approximate surface area is 142 Å². The van der Waals surface area contributed by atoms with Crippen molar-refractivity contribution in [1.29, 1.82) is 0 Å². The van der Waals surface area contributed by atoms with Crippen molar-refractivity contribution < 1.29 is 5.11 Å². The maximum Gasteiger partial charge on any atom is 0.261 e. The molecule has 6 nitrogen and oxygen atoms in total. The van der Waals surface area contributed by atoms with Crippen molar-refractivity contribution >= 4 is 10.9 Å². The van der Waals surface area contributed by atoms with E-state index >= 15 is 0 Å². The maximum absolute atomic E-state index is 12.5. The summed E-state index contributed by atoms with van der Waals surface area (Å²) in [6.45, 7) is 7.77. The molecular formula is C18H26N4O2. The van der Waals surface area contributed by atoms with Gasteiger partial charge in [-0.3, -0.25) is 19.2 Å². The molecule has 1 saturated heterocycles. The van der Waals surface area contributed by atoms with Crippen LogP contribution in [0.25, 0.3) is 10.9 Å². The van der Waals surface area contributed by atoms with E-state index in [0.717, 1.165) is 44.7 Å². The number of hydrogen-bond donors (Lipinski definition) is 1. The van der Waals surface area contributed by atoms with E-state index in [-0.39, 0.29) is 18.2 Å². The number of benzene rings is 1. The van der Waals surface area contributed by atoms with Crippen LogP contribution in [-0.4, -0.2) is 69.8 Å². The van der Waals surface area contributed by atoms with Crippen molar-refractivity contribution in [3.05, 3.63) is 40.9 Å². The molecule has 1 N–H and O–H groups in total. The Morgan fingerprint density at radius 3 is 2.62 bits per heavy atom. The van der Waals surface area contributed by atoms with Crippen LogP contribution in [0.5, 0.6) is 0 Å². The number of fused-ring (bicyclic) bond motifs is 1. The van der Waals surface area contributed by atoms with Gasteiger partial charge in [-0.15, -0.1) is 0 Å². The van der Waals surface area contributed by atoms with E-state index in [4.69, 9.17) is 0 Å². The summed E-state index contributed by atoms with van der Waals surface area (Å²) in [6.07, 6.45) is 2.63. The van der Waals surface area contributed by atoms with E-state index in [9.17, 15) is 9.90 Å². The predicted octanol–water partition coefficient (Wildman–Crippen LogP) is 0.785. The molecule has 1 fully saturated rings. The first-order valence-corrected chi connectivity index (χ1v) is 8.74. The molecule has 1 aromatic heterocycles. The molecular weight excluding hydrogens is 304 g/mol. The van der Waals surface area contributed by atoms with Crippen LogP contribution in [0.3, 0.4) is 0 Å². The SMILES string of the molecule is CCC(CO)N1CCN(CCn2cnc3ccccc3c2=O)CC1. The van der Waals surface area contributed by atoms with Crippen LogP contribution in [0.4, 0.5) is 0 Å². The lowest BCUT2D eigenvalue weighted by molar-refractivity contribution is 0.0623. The molecule has 24 heavy (non-hydrogen) atoms. The number of nitrogens with zero attached hydrogens (tertiary/aromatic N) is 4. The van der Waals surface area contributed by atoms with Crippen molar-refractivity contribution in [2.45, 2.75) is 25.9 Å². The topological polar surface area (TPSA) is 61.6 Å². The number of aromatic nitrogens is 2. The van der Waals surface area contributed by atoms with Crippen LogP contribution >= 0.6 is 0 Å². The Morgan fingerprint density at radius 2 is 1.92 bits per heavy atom. The second-order valence-corrected chi connectivity index (χ2v) is 6.38. The van der Waals surface area contributed by atoms with Crippen LogP contribution < -0.4 is 5.56 Å². The second kappa shape index (κ2) is 7.88. The van der Waals surface area contributed by atoms with Gasteiger partial charge in [0.05, 0.1) is 23.8 Å². The summed E-state index contributed by atoms with van der Waals surface area (Å²) in [6, 6.07) is 7.75. The Hall–Kier alpha value is -1.76. The van der Waals surface area contributed by atoms with E-state index in [1.165, 1.54) is 0 Å². The standard InChI is InChI=1S/C18H26N4O2/c1-2-15(13-23)21-10-7-20(8-11-21)9-12-22-14-19-17-6-4-3-5-16(17)18(22)24/h3-6,14-15,23H,2,7-13H2,1H3. The van der Waals surface area contributed by atoms with Gasteiger partial charge in [0.15, 0.2) is 0 Å². The molecule has 0 bridgehead atoms. The quantitative estimate of drug-likeness (QED) is 0.848. The van der Waals surface area contributed by atoms with Gasteiger partial charge in [0.25, 0.3) is 5.56 Å². The van der Waals surface area contributed by atoms with E-state index in [1.54, 1.807) is 10.9 Å². The smallest absolute Gasteiger partial charge is 0.261 e. The Balaban J connectivity index is 1.58. The summed E-state index contributed by atoms with van der Waals surface area (Å²) < 4.78 is 1.71. The van der Waals surface area contributed by atoms with Gasteiger partial charge in [-0.25, -0.2) is 4.98 Å². The van der Waals surface area contributed by atoms with Crippen molar-refractivity contribution in [3.8, 4) is 0 Å². The van der Waals surface area contributed by atoms with Crippen molar-refractivity contribution in [3.63, 3.8) is 0 Å². The summed E-state index contributed by atoms with van der Waals surface area (Å²) in [5.74, 6) is 0. The third-order valence-electron chi connectivity index (χ3n) is 4.99. The molecule has 1 aliphatic heterocycles. The van der Waals surface area contributed by atoms with Crippen molar-refractivity contribution in [2.75, 3.05) is 39.3 Å². The van der Waals surface area contributed by atoms with E-state index in [0.29, 0.717) is 11.9 Å². The molecule has 130 valence electrons. The number of para-hydroxylation sites is 1. The van der Waals surface area contributed by atoms with Crippen molar-refractivity contribution in [1.82, 2.24) is 19.4 Å². The first kappa shape index (κ1) is 17.1. The van der Waals surface area contributed by atoms with E-state index < -0.39 is 0 Å². The van der Waals surface area contributed by atoms with Gasteiger partial charge >= 0.3 is 0 Å². The fraction of sp³-hybridized carbons (Fsp3) is 0.556. The minimum Gasteiger partial charge on any atom is -0.395 e. The molecule has 1 aliphatic rings. The minimum atomic E-state index is 0.0329. The normalized spacial score (nSPS) is 18.1. The van der Waals surface area contributed by atoms with E-state index in [2.05, 4.69) is 21.7 Å². The summed E-state index contributed by atoms with van der Waals surface area (Å²) in [5.41, 5.74) is 0.785. The highest BCUT2D eigenvalue weighted by Crippen LogP contribution is 2.09. The molecule has 1 aromatic carbocycles. The lowest BCUT2D eigenvalue weighted by atomic mass is 10.1. The maximum atomic E-state index is 12.5. The first-order chi connectivity index (χ1) is 11.7. The van der Waals surface area contributed by atoms with E-state index in [1.807, 2.05) is 24.3 Å². The largest absolute Gasteiger partial charge is 0.395 e. The third kappa shape index (κ3) is 3.66. The third-order valence-corrected chi connectivity index (χ3v) is 4.99. The first-order valence-electron chi connectivity index (χ1n) is 8.74. The Bertz CT molecular complexity index is 718. The average molecular weight is 330 g/mol. The van der Waals surface area contributed by atoms with Crippen LogP contribution in [0.1, 0.15) is 13.3 Å². The van der Waals surface area contributed by atoms with Gasteiger partial charge in [0.1, 0.15) is 0 Å². The second-order valence-electron chi connectivity index (χ2n) is 6.38. The summed E-state index contributed by atoms with van der Waals surface area (Å²) >= 11 is 0. The fourth-order valence-electron chi connectivity index (χ4n) is 3.37. The number of aliphatic hydroxyl groups is 1. The highest BCUT2D eigenvalue weighted by atomic mass is 16.3. The molecule has 0 radical (unpaired) electrons. The lowest BCUT2D eigenvalue weighted by Crippen LogP contribution is -2.51. The Kier molecular flexibility index (Phi) is 5.60. The molecule has 0 amide bonds. The lowest BCUT2D eigenvalue weighted by Gasteiger charge is -2.38. The van der Waals surface area contributed by atoms with Crippen molar-refractivity contribution in [2.24, 2.45) is 0 Å². The average Bonchev–Trinajstić information content (AvgIpc) is 2.63. The summed E-state index contributed by atoms with van der Waals surface area (Å²) in [4.78, 5) is 21.6. The zero-order valence-electron chi connectivity index (χ0n) is 14.3. The van der Waals surface area contributed by atoms with Crippen LogP contribution in [0.15, 0.2) is 35.4 Å². The predicted molar refractivity (Wildman–Crippen MR) is 95.2 cm³/mol. The van der Waals surface area contributed by atoms with Gasteiger partial charge in [-0.2, -0.15) is 0 Å². The zero-order valence-corrected chi connectivity index (χ0v) is 14.3. The molecule has 6 heteroatoms. The van der Waals surface area contributed by atoms with Gasteiger partial charge in [0, 0.05) is 45.3 Å². The number of piperazine rings is 1. The molecule has 1 atom stereocenters. The molecule has 1 unspecified atom stereocenters. The fourth-order valence-corrected chi connectivity index (χ4v) is 3.37. The van der Waals surface area contributed by atoms with Gasteiger partial charge in [-0.05, 0) is 18.6 Å². The highest BCUT2D eigenvalue weighted by Gasteiger charge is 2.22. The molecule has 0 spiro atoms. The minimum absolute atomic E-state index is 0.0329. The van der Waals surface area contributed by atoms with Crippen LogP contribution in [-0.2, 0) is 6.54 Å². The molecule has 2 heterocycles. The van der Waals surface area contributed by atoms with Gasteiger partial charge < -0.3 is 5.11 Å². The molecule has 0 saturated carbocycles. The van der Waals surface area contributed by atoms with Crippen LogP contribution in [0, 0.1) is 0 Å². The van der Waals surface area contributed by atoms with Gasteiger partial charge in [0.2, 0.25) is 0 Å². The summed E-state index contributed by atoms with van der Waals surface area (Å²) in [7, 11) is 0. The monoisotopic (exact) mass is 330 g/mol. The Morgan fingerprint density at radius 1 is 1.17 bits per heavy atom. The number of rotatable bonds is 6. The van der Waals surface area contributed by atoms with Gasteiger partial charge in [-0.1, -0.05) is 19.1 Å². The van der Waals surface area contributed by atoms with Crippen LogP contribution in [0.2, 0.25) is 0 Å². The zero-order chi connectivity index (χ0) is 16.9. The molecule has 2 aromatic rings. The highest BCUT2D eigenvalue weighted by molar-refractivity contribution is 5.76. The molecule has 0 aliphatic carbocycles. The molecule has 3 rings (SSSR count).